The third kappa shape index (κ3) is 5.35. The van der Waals surface area contributed by atoms with Gasteiger partial charge in [-0.25, -0.2) is 13.4 Å². The molecule has 1 saturated heterocycles. The summed E-state index contributed by atoms with van der Waals surface area (Å²) in [5.74, 6) is 0.389. The van der Waals surface area contributed by atoms with Gasteiger partial charge in [0.15, 0.2) is 5.13 Å². The number of fused-ring (bicyclic) bond motifs is 1. The van der Waals surface area contributed by atoms with E-state index in [9.17, 15) is 13.2 Å². The zero-order valence-corrected chi connectivity index (χ0v) is 23.1. The minimum absolute atomic E-state index is 0.154. The fourth-order valence-electron chi connectivity index (χ4n) is 4.28. The van der Waals surface area contributed by atoms with Gasteiger partial charge in [0.25, 0.3) is 10.0 Å². The van der Waals surface area contributed by atoms with E-state index in [2.05, 4.69) is 18.7 Å². The number of carbonyl (C=O) groups is 1. The Bertz CT molecular complexity index is 1290. The minimum Gasteiger partial charge on any atom is -0.494 e. The highest BCUT2D eigenvalue weighted by Gasteiger charge is 2.42. The number of para-hydroxylation sites is 1. The van der Waals surface area contributed by atoms with Gasteiger partial charge in [0.2, 0.25) is 5.91 Å². The molecule has 1 amide bonds. The van der Waals surface area contributed by atoms with Crippen LogP contribution in [0.15, 0.2) is 34.5 Å². The Morgan fingerprint density at radius 2 is 1.97 bits per heavy atom. The molecule has 190 valence electrons. The Labute approximate surface area is 219 Å². The van der Waals surface area contributed by atoms with Gasteiger partial charge in [-0.2, -0.15) is 4.31 Å². The van der Waals surface area contributed by atoms with Crippen molar-refractivity contribution < 1.29 is 17.9 Å². The van der Waals surface area contributed by atoms with Gasteiger partial charge in [0.1, 0.15) is 21.5 Å². The molecular weight excluding hydrogens is 528 g/mol. The summed E-state index contributed by atoms with van der Waals surface area (Å²) in [6, 6.07) is 7.95. The molecule has 12 heteroatoms. The van der Waals surface area contributed by atoms with E-state index in [0.29, 0.717) is 53.2 Å². The molecular formula is C23H29ClN4O4S3. The van der Waals surface area contributed by atoms with Crippen LogP contribution in [0.1, 0.15) is 26.7 Å². The number of hydrogen-bond donors (Lipinski definition) is 0. The number of thiophene rings is 1. The number of methoxy groups -OCH3 is 1. The molecule has 0 radical (unpaired) electrons. The summed E-state index contributed by atoms with van der Waals surface area (Å²) in [5, 5.41) is 0.546. The Hall–Kier alpha value is -1.76. The van der Waals surface area contributed by atoms with Crippen LogP contribution in [0.5, 0.6) is 5.75 Å². The molecule has 1 aliphatic rings. The van der Waals surface area contributed by atoms with Crippen molar-refractivity contribution in [1.29, 1.82) is 0 Å². The second-order valence-electron chi connectivity index (χ2n) is 8.15. The van der Waals surface area contributed by atoms with Gasteiger partial charge in [-0.15, -0.1) is 11.3 Å². The molecule has 3 heterocycles. The molecule has 1 aromatic carbocycles. The van der Waals surface area contributed by atoms with Crippen molar-refractivity contribution in [2.24, 2.45) is 0 Å². The molecule has 4 rings (SSSR count). The second-order valence-corrected chi connectivity index (χ2v) is 13.0. The SMILES string of the molecule is CCN(CC)CCN(C(=O)C1CCCN1S(=O)(=O)c1ccc(Cl)s1)c1nc2c(OC)cccc2s1. The summed E-state index contributed by atoms with van der Waals surface area (Å²) in [5.41, 5.74) is 0.694. The first-order valence-electron chi connectivity index (χ1n) is 11.5. The molecule has 0 spiro atoms. The van der Waals surface area contributed by atoms with E-state index < -0.39 is 16.1 Å². The first-order valence-corrected chi connectivity index (χ1v) is 15.0. The summed E-state index contributed by atoms with van der Waals surface area (Å²) < 4.78 is 35.0. The third-order valence-electron chi connectivity index (χ3n) is 6.22. The maximum Gasteiger partial charge on any atom is 0.253 e. The van der Waals surface area contributed by atoms with Crippen molar-refractivity contribution in [3.05, 3.63) is 34.7 Å². The van der Waals surface area contributed by atoms with E-state index in [1.165, 1.54) is 21.7 Å². The summed E-state index contributed by atoms with van der Waals surface area (Å²) in [4.78, 5) is 22.6. The largest absolute Gasteiger partial charge is 0.494 e. The Kier molecular flexibility index (Phi) is 8.34. The number of nitrogens with zero attached hydrogens (tertiary/aromatic N) is 4. The highest BCUT2D eigenvalue weighted by atomic mass is 35.5. The Balaban J connectivity index is 1.69. The summed E-state index contributed by atoms with van der Waals surface area (Å²) >= 11 is 8.42. The quantitative estimate of drug-likeness (QED) is 0.364. The molecule has 1 atom stereocenters. The van der Waals surface area contributed by atoms with Crippen LogP contribution < -0.4 is 9.64 Å². The lowest BCUT2D eigenvalue weighted by Gasteiger charge is -2.29. The van der Waals surface area contributed by atoms with Gasteiger partial charge < -0.3 is 9.64 Å². The number of carbonyl (C=O) groups excluding carboxylic acids is 1. The fourth-order valence-corrected chi connectivity index (χ4v) is 8.56. The molecule has 1 unspecified atom stereocenters. The van der Waals surface area contributed by atoms with Crippen molar-refractivity contribution in [1.82, 2.24) is 14.2 Å². The van der Waals surface area contributed by atoms with Crippen molar-refractivity contribution >= 4 is 65.6 Å². The van der Waals surface area contributed by atoms with Crippen LogP contribution in [0, 0.1) is 0 Å². The molecule has 35 heavy (non-hydrogen) atoms. The number of anilines is 1. The number of benzene rings is 1. The van der Waals surface area contributed by atoms with E-state index in [1.54, 1.807) is 18.1 Å². The van der Waals surface area contributed by atoms with E-state index in [0.717, 1.165) is 29.1 Å². The average Bonchev–Trinajstić information content (AvgIpc) is 3.60. The van der Waals surface area contributed by atoms with E-state index >= 15 is 0 Å². The lowest BCUT2D eigenvalue weighted by Crippen LogP contribution is -2.49. The first-order chi connectivity index (χ1) is 16.8. The lowest BCUT2D eigenvalue weighted by atomic mass is 10.2. The standard InChI is InChI=1S/C23H29ClN4O4S3/c1-4-26(5-2)14-15-27(23-25-21-17(32-3)9-6-10-18(21)33-23)22(29)16-8-7-13-28(16)35(30,31)20-12-11-19(24)34-20/h6,9-12,16H,4-5,7-8,13-15H2,1-3H3. The van der Waals surface area contributed by atoms with Gasteiger partial charge in [-0.05, 0) is 50.2 Å². The molecule has 0 aliphatic carbocycles. The van der Waals surface area contributed by atoms with Crippen LogP contribution >= 0.6 is 34.3 Å². The summed E-state index contributed by atoms with van der Waals surface area (Å²) in [6.45, 7) is 7.24. The summed E-state index contributed by atoms with van der Waals surface area (Å²) in [6.07, 6.45) is 1.08. The monoisotopic (exact) mass is 556 g/mol. The van der Waals surface area contributed by atoms with Gasteiger partial charge in [0, 0.05) is 19.6 Å². The Morgan fingerprint density at radius 3 is 2.63 bits per heavy atom. The maximum absolute atomic E-state index is 14.0. The van der Waals surface area contributed by atoms with Crippen LogP contribution in [0.4, 0.5) is 5.13 Å². The number of aromatic nitrogens is 1. The van der Waals surface area contributed by atoms with E-state index in [4.69, 9.17) is 21.3 Å². The van der Waals surface area contributed by atoms with Gasteiger partial charge in [0.05, 0.1) is 16.1 Å². The van der Waals surface area contributed by atoms with Crippen molar-refractivity contribution in [3.8, 4) is 5.75 Å². The fraction of sp³-hybridized carbons (Fsp3) is 0.478. The number of hydrogen-bond acceptors (Lipinski definition) is 8. The minimum atomic E-state index is -3.83. The highest BCUT2D eigenvalue weighted by molar-refractivity contribution is 7.91. The number of sulfonamides is 1. The van der Waals surface area contributed by atoms with Gasteiger partial charge in [-0.1, -0.05) is 42.9 Å². The number of halogens is 1. The zero-order valence-electron chi connectivity index (χ0n) is 19.9. The first kappa shape index (κ1) is 26.3. The molecule has 1 fully saturated rings. The normalized spacial score (nSPS) is 16.9. The smallest absolute Gasteiger partial charge is 0.253 e. The van der Waals surface area contributed by atoms with Crippen LogP contribution in [-0.2, 0) is 14.8 Å². The zero-order chi connectivity index (χ0) is 25.2. The van der Waals surface area contributed by atoms with E-state index in [-0.39, 0.29) is 10.1 Å². The number of thiazole rings is 1. The predicted molar refractivity (Wildman–Crippen MR) is 143 cm³/mol. The highest BCUT2D eigenvalue weighted by Crippen LogP contribution is 2.37. The van der Waals surface area contributed by atoms with Crippen LogP contribution in [-0.4, -0.2) is 74.4 Å². The maximum atomic E-state index is 14.0. The number of ether oxygens (including phenoxy) is 1. The number of amides is 1. The average molecular weight is 557 g/mol. The van der Waals surface area contributed by atoms with Crippen LogP contribution in [0.2, 0.25) is 4.34 Å². The van der Waals surface area contributed by atoms with Crippen molar-refractivity contribution in [2.75, 3.05) is 44.7 Å². The molecule has 0 N–H and O–H groups in total. The molecule has 8 nitrogen and oxygen atoms in total. The molecule has 1 aliphatic heterocycles. The molecule has 3 aromatic rings. The Morgan fingerprint density at radius 1 is 1.20 bits per heavy atom. The van der Waals surface area contributed by atoms with Gasteiger partial charge >= 0.3 is 0 Å². The number of rotatable bonds is 10. The second kappa shape index (κ2) is 11.1. The third-order valence-corrected chi connectivity index (χ3v) is 10.9. The summed E-state index contributed by atoms with van der Waals surface area (Å²) in [7, 11) is -2.24. The number of likely N-dealkylation sites (N-methyl/N-ethyl adjacent to an activating group) is 1. The predicted octanol–water partition coefficient (Wildman–Crippen LogP) is 4.55. The molecule has 0 saturated carbocycles. The topological polar surface area (TPSA) is 83.0 Å². The van der Waals surface area contributed by atoms with E-state index in [1.807, 2.05) is 18.2 Å². The van der Waals surface area contributed by atoms with Gasteiger partial charge in [-0.3, -0.25) is 9.69 Å². The molecule has 0 bridgehead atoms. The van der Waals surface area contributed by atoms with Crippen LogP contribution in [0.3, 0.4) is 0 Å². The van der Waals surface area contributed by atoms with Crippen LogP contribution in [0.25, 0.3) is 10.2 Å². The van der Waals surface area contributed by atoms with Crippen molar-refractivity contribution in [2.45, 2.75) is 36.9 Å². The lowest BCUT2D eigenvalue weighted by molar-refractivity contribution is -0.121. The van der Waals surface area contributed by atoms with Crippen molar-refractivity contribution in [3.63, 3.8) is 0 Å². The molecule has 2 aromatic heterocycles.